The average Bonchev–Trinajstić information content (AvgIpc) is 2.68. The molecule has 1 N–H and O–H groups in total. The maximum atomic E-state index is 14.4. The Morgan fingerprint density at radius 2 is 1.93 bits per heavy atom. The summed E-state index contributed by atoms with van der Waals surface area (Å²) in [5.41, 5.74) is 1.84. The molecule has 1 amide bonds. The Morgan fingerprint density at radius 1 is 1.21 bits per heavy atom. The van der Waals surface area contributed by atoms with Gasteiger partial charge in [-0.05, 0) is 61.1 Å². The van der Waals surface area contributed by atoms with Crippen LogP contribution in [0.1, 0.15) is 42.6 Å². The summed E-state index contributed by atoms with van der Waals surface area (Å²) >= 11 is 0. The van der Waals surface area contributed by atoms with Crippen LogP contribution in [0.15, 0.2) is 47.4 Å². The zero-order valence-corrected chi connectivity index (χ0v) is 16.9. The minimum absolute atomic E-state index is 0.101. The van der Waals surface area contributed by atoms with Crippen LogP contribution in [0.5, 0.6) is 0 Å². The second-order valence-electron chi connectivity index (χ2n) is 7.26. The fourth-order valence-corrected chi connectivity index (χ4v) is 5.06. The number of carbonyl (C=O) groups excluding carboxylic acids is 1. The highest BCUT2D eigenvalue weighted by Gasteiger charge is 2.31. The second-order valence-corrected chi connectivity index (χ2v) is 9.17. The largest absolute Gasteiger partial charge is 0.322 e. The Kier molecular flexibility index (Phi) is 6.15. The fraction of sp³-hybridized carbons (Fsp3) is 0.381. The molecule has 2 aromatic carbocycles. The van der Waals surface area contributed by atoms with Crippen LogP contribution in [0, 0.1) is 11.7 Å². The molecule has 1 saturated heterocycles. The molecule has 0 aromatic heterocycles. The van der Waals surface area contributed by atoms with Crippen LogP contribution in [0.2, 0.25) is 0 Å². The first-order chi connectivity index (χ1) is 13.3. The molecule has 0 radical (unpaired) electrons. The van der Waals surface area contributed by atoms with Crippen molar-refractivity contribution in [1.29, 1.82) is 0 Å². The smallest absolute Gasteiger partial charge is 0.255 e. The Morgan fingerprint density at radius 3 is 2.57 bits per heavy atom. The number of amides is 1. The molecule has 1 fully saturated rings. The molecule has 7 heteroatoms. The van der Waals surface area contributed by atoms with Crippen LogP contribution in [-0.4, -0.2) is 31.7 Å². The van der Waals surface area contributed by atoms with E-state index < -0.39 is 26.6 Å². The molecule has 28 heavy (non-hydrogen) atoms. The Hall–Kier alpha value is -2.25. The molecule has 0 aliphatic carbocycles. The van der Waals surface area contributed by atoms with Crippen molar-refractivity contribution in [1.82, 2.24) is 4.31 Å². The lowest BCUT2D eigenvalue weighted by molar-refractivity contribution is 0.102. The average molecular weight is 405 g/mol. The highest BCUT2D eigenvalue weighted by Crippen LogP contribution is 2.26. The van der Waals surface area contributed by atoms with Gasteiger partial charge in [0.15, 0.2) is 0 Å². The van der Waals surface area contributed by atoms with Gasteiger partial charge in [0, 0.05) is 24.3 Å². The number of anilines is 1. The van der Waals surface area contributed by atoms with Crippen molar-refractivity contribution in [3.63, 3.8) is 0 Å². The topological polar surface area (TPSA) is 66.5 Å². The number of aryl methyl sites for hydroxylation is 1. The zero-order chi connectivity index (χ0) is 20.3. The number of nitrogens with zero attached hydrogens (tertiary/aromatic N) is 1. The summed E-state index contributed by atoms with van der Waals surface area (Å²) < 4.78 is 41.5. The van der Waals surface area contributed by atoms with Crippen LogP contribution in [0.3, 0.4) is 0 Å². The van der Waals surface area contributed by atoms with Gasteiger partial charge >= 0.3 is 0 Å². The highest BCUT2D eigenvalue weighted by molar-refractivity contribution is 7.89. The molecule has 150 valence electrons. The number of benzene rings is 2. The predicted molar refractivity (Wildman–Crippen MR) is 107 cm³/mol. The fourth-order valence-electron chi connectivity index (χ4n) is 3.37. The van der Waals surface area contributed by atoms with Crippen LogP contribution in [0.25, 0.3) is 0 Å². The van der Waals surface area contributed by atoms with E-state index in [-0.39, 0.29) is 11.5 Å². The molecule has 1 atom stereocenters. The summed E-state index contributed by atoms with van der Waals surface area (Å²) in [7, 11) is -3.99. The molecular weight excluding hydrogens is 379 g/mol. The maximum absolute atomic E-state index is 14.4. The molecule has 1 aliphatic heterocycles. The van der Waals surface area contributed by atoms with E-state index in [1.807, 2.05) is 26.0 Å². The van der Waals surface area contributed by atoms with E-state index >= 15 is 0 Å². The number of carbonyl (C=O) groups is 1. The number of piperidine rings is 1. The van der Waals surface area contributed by atoms with E-state index in [2.05, 4.69) is 5.32 Å². The summed E-state index contributed by atoms with van der Waals surface area (Å²) in [6.07, 6.45) is 2.59. The van der Waals surface area contributed by atoms with Gasteiger partial charge in [-0.1, -0.05) is 26.0 Å². The normalized spacial score (nSPS) is 18.0. The Bertz CT molecular complexity index is 958. The second kappa shape index (κ2) is 8.41. The Labute approximate surface area is 165 Å². The first-order valence-electron chi connectivity index (χ1n) is 9.51. The number of rotatable bonds is 5. The van der Waals surface area contributed by atoms with Gasteiger partial charge in [-0.25, -0.2) is 12.8 Å². The summed E-state index contributed by atoms with van der Waals surface area (Å²) in [6, 6.07) is 10.8. The number of hydrogen-bond donors (Lipinski definition) is 1. The summed E-state index contributed by atoms with van der Waals surface area (Å²) in [4.78, 5) is 12.1. The molecule has 2 aromatic rings. The van der Waals surface area contributed by atoms with Crippen molar-refractivity contribution < 1.29 is 17.6 Å². The standard InChI is InChI=1S/C21H25FN2O3S/c1-3-16-6-9-18(10-7-16)23-21(25)17-8-11-19(22)20(13-17)28(26,27)24-12-4-5-15(2)14-24/h6-11,13,15H,3-5,12,14H2,1-2H3,(H,23,25). The lowest BCUT2D eigenvalue weighted by Gasteiger charge is -2.30. The lowest BCUT2D eigenvalue weighted by atomic mass is 10.0. The van der Waals surface area contributed by atoms with E-state index in [0.717, 1.165) is 37.0 Å². The third-order valence-corrected chi connectivity index (χ3v) is 6.93. The summed E-state index contributed by atoms with van der Waals surface area (Å²) in [5.74, 6) is -1.10. The number of hydrogen-bond acceptors (Lipinski definition) is 3. The lowest BCUT2D eigenvalue weighted by Crippen LogP contribution is -2.39. The zero-order valence-electron chi connectivity index (χ0n) is 16.1. The van der Waals surface area contributed by atoms with Crippen molar-refractivity contribution in [3.05, 3.63) is 59.4 Å². The van der Waals surface area contributed by atoms with Gasteiger partial charge in [-0.15, -0.1) is 0 Å². The number of sulfonamides is 1. The van der Waals surface area contributed by atoms with Gasteiger partial charge < -0.3 is 5.32 Å². The van der Waals surface area contributed by atoms with Crippen molar-refractivity contribution in [2.75, 3.05) is 18.4 Å². The van der Waals surface area contributed by atoms with Crippen molar-refractivity contribution in [2.24, 2.45) is 5.92 Å². The molecule has 1 unspecified atom stereocenters. The third-order valence-electron chi connectivity index (χ3n) is 5.05. The van der Waals surface area contributed by atoms with Crippen LogP contribution in [0.4, 0.5) is 10.1 Å². The molecule has 0 spiro atoms. The monoisotopic (exact) mass is 404 g/mol. The minimum atomic E-state index is -3.99. The number of halogens is 1. The van der Waals surface area contributed by atoms with E-state index in [4.69, 9.17) is 0 Å². The summed E-state index contributed by atoms with van der Waals surface area (Å²) in [5, 5.41) is 2.72. The van der Waals surface area contributed by atoms with Gasteiger partial charge in [0.25, 0.3) is 5.91 Å². The first-order valence-corrected chi connectivity index (χ1v) is 10.9. The van der Waals surface area contributed by atoms with Crippen molar-refractivity contribution in [3.8, 4) is 0 Å². The number of nitrogens with one attached hydrogen (secondary N) is 1. The van der Waals surface area contributed by atoms with E-state index in [0.29, 0.717) is 18.8 Å². The molecule has 0 saturated carbocycles. The molecule has 5 nitrogen and oxygen atoms in total. The van der Waals surface area contributed by atoms with Crippen LogP contribution in [-0.2, 0) is 16.4 Å². The molecule has 0 bridgehead atoms. The third kappa shape index (κ3) is 4.42. The molecule has 1 aliphatic rings. The van der Waals surface area contributed by atoms with Gasteiger partial charge in [0.1, 0.15) is 10.7 Å². The van der Waals surface area contributed by atoms with Crippen molar-refractivity contribution in [2.45, 2.75) is 38.0 Å². The van der Waals surface area contributed by atoms with Gasteiger partial charge in [-0.3, -0.25) is 4.79 Å². The van der Waals surface area contributed by atoms with Crippen molar-refractivity contribution >= 4 is 21.6 Å². The van der Waals surface area contributed by atoms with Gasteiger partial charge in [0.2, 0.25) is 10.0 Å². The SMILES string of the molecule is CCc1ccc(NC(=O)c2ccc(F)c(S(=O)(=O)N3CCCC(C)C3)c2)cc1. The van der Waals surface area contributed by atoms with E-state index in [1.165, 1.54) is 10.4 Å². The van der Waals surface area contributed by atoms with Crippen LogP contribution < -0.4 is 5.32 Å². The van der Waals surface area contributed by atoms with Gasteiger partial charge in [0.05, 0.1) is 0 Å². The molecule has 3 rings (SSSR count). The van der Waals surface area contributed by atoms with E-state index in [1.54, 1.807) is 12.1 Å². The highest BCUT2D eigenvalue weighted by atomic mass is 32.2. The predicted octanol–water partition coefficient (Wildman–Crippen LogP) is 4.06. The van der Waals surface area contributed by atoms with E-state index in [9.17, 15) is 17.6 Å². The quantitative estimate of drug-likeness (QED) is 0.817. The summed E-state index contributed by atoms with van der Waals surface area (Å²) in [6.45, 7) is 4.75. The molecule has 1 heterocycles. The molecular formula is C21H25FN2O3S. The maximum Gasteiger partial charge on any atom is 0.255 e. The first kappa shape index (κ1) is 20.5. The Balaban J connectivity index is 1.84. The minimum Gasteiger partial charge on any atom is -0.322 e. The van der Waals surface area contributed by atoms with Crippen LogP contribution >= 0.6 is 0 Å². The van der Waals surface area contributed by atoms with Gasteiger partial charge in [-0.2, -0.15) is 4.31 Å².